The molecule has 1 aliphatic carbocycles. The zero-order valence-electron chi connectivity index (χ0n) is 18.9. The Balaban J connectivity index is 0.00000341. The number of unbranched alkanes of at least 4 members (excludes halogenated alkanes) is 1. The first-order valence-corrected chi connectivity index (χ1v) is 11.8. The average molecular weight is 546 g/mol. The van der Waals surface area contributed by atoms with Gasteiger partial charge >= 0.3 is 0 Å². The van der Waals surface area contributed by atoms with Crippen molar-refractivity contribution in [3.8, 4) is 0 Å². The summed E-state index contributed by atoms with van der Waals surface area (Å²) in [5, 5.41) is 3.40. The number of rotatable bonds is 8. The summed E-state index contributed by atoms with van der Waals surface area (Å²) in [6.45, 7) is 7.51. The van der Waals surface area contributed by atoms with E-state index in [-0.39, 0.29) is 29.9 Å². The molecular weight excluding hydrogens is 507 g/mol. The van der Waals surface area contributed by atoms with Crippen molar-refractivity contribution in [2.75, 3.05) is 45.9 Å². The Morgan fingerprint density at radius 2 is 1.84 bits per heavy atom. The van der Waals surface area contributed by atoms with Gasteiger partial charge in [-0.1, -0.05) is 25.7 Å². The van der Waals surface area contributed by atoms with Crippen LogP contribution in [0.4, 0.5) is 0 Å². The number of carbonyl (C=O) groups excluding carboxylic acids is 1. The topological polar surface area (TPSA) is 70.3 Å². The Labute approximate surface area is 204 Å². The van der Waals surface area contributed by atoms with E-state index >= 15 is 0 Å². The number of nitrogens with zero attached hydrogens (tertiary/aromatic N) is 3. The van der Waals surface area contributed by atoms with E-state index in [1.54, 1.807) is 18.4 Å². The van der Waals surface area contributed by atoms with Gasteiger partial charge in [-0.05, 0) is 44.7 Å². The van der Waals surface area contributed by atoms with E-state index in [0.717, 1.165) is 51.6 Å². The van der Waals surface area contributed by atoms with Crippen LogP contribution in [0.3, 0.4) is 0 Å². The van der Waals surface area contributed by atoms with Crippen molar-refractivity contribution in [2.45, 2.75) is 64.4 Å². The highest BCUT2D eigenvalue weighted by molar-refractivity contribution is 14.0. The zero-order valence-corrected chi connectivity index (χ0v) is 21.2. The fourth-order valence-corrected chi connectivity index (χ4v) is 4.16. The van der Waals surface area contributed by atoms with E-state index in [4.69, 9.17) is 14.1 Å². The van der Waals surface area contributed by atoms with Gasteiger partial charge in [0.2, 0.25) is 0 Å². The maximum atomic E-state index is 12.4. The summed E-state index contributed by atoms with van der Waals surface area (Å²) in [6, 6.07) is 3.47. The molecule has 31 heavy (non-hydrogen) atoms. The molecule has 0 bridgehead atoms. The lowest BCUT2D eigenvalue weighted by molar-refractivity contribution is 0.0412. The van der Waals surface area contributed by atoms with Gasteiger partial charge in [0.15, 0.2) is 11.7 Å². The van der Waals surface area contributed by atoms with Crippen LogP contribution >= 0.6 is 24.0 Å². The van der Waals surface area contributed by atoms with Gasteiger partial charge in [-0.3, -0.25) is 9.79 Å². The highest BCUT2D eigenvalue weighted by Gasteiger charge is 2.25. The number of halogens is 1. The number of aliphatic imine (C=N–C) groups is 1. The molecule has 2 heterocycles. The molecule has 0 radical (unpaired) electrons. The molecule has 2 fully saturated rings. The molecule has 0 unspecified atom stereocenters. The Hall–Kier alpha value is -1.29. The van der Waals surface area contributed by atoms with E-state index in [0.29, 0.717) is 25.0 Å². The number of furan rings is 1. The van der Waals surface area contributed by atoms with E-state index in [2.05, 4.69) is 17.1 Å². The van der Waals surface area contributed by atoms with Crippen molar-refractivity contribution in [2.24, 2.45) is 4.99 Å². The number of guanidine groups is 1. The summed E-state index contributed by atoms with van der Waals surface area (Å²) in [6.07, 6.45) is 12.0. The molecule has 0 atom stereocenters. The molecule has 1 N–H and O–H groups in total. The fourth-order valence-electron chi connectivity index (χ4n) is 4.16. The van der Waals surface area contributed by atoms with Crippen LogP contribution in [0.1, 0.15) is 68.8 Å². The Morgan fingerprint density at radius 3 is 2.48 bits per heavy atom. The van der Waals surface area contributed by atoms with E-state index in [1.165, 1.54) is 38.5 Å². The van der Waals surface area contributed by atoms with Crippen LogP contribution in [0.25, 0.3) is 0 Å². The van der Waals surface area contributed by atoms with Crippen LogP contribution in [0.15, 0.2) is 27.8 Å². The molecule has 1 saturated heterocycles. The summed E-state index contributed by atoms with van der Waals surface area (Å²) in [5.74, 6) is 1.33. The maximum absolute atomic E-state index is 12.4. The van der Waals surface area contributed by atoms with E-state index in [9.17, 15) is 4.79 Å². The van der Waals surface area contributed by atoms with Gasteiger partial charge in [0.25, 0.3) is 5.91 Å². The second kappa shape index (κ2) is 14.7. The van der Waals surface area contributed by atoms with Crippen molar-refractivity contribution in [1.82, 2.24) is 15.1 Å². The average Bonchev–Trinajstić information content (AvgIpc) is 3.19. The fraction of sp³-hybridized carbons (Fsp3) is 0.739. The van der Waals surface area contributed by atoms with Crippen molar-refractivity contribution in [3.05, 3.63) is 24.2 Å². The number of piperazine rings is 1. The third kappa shape index (κ3) is 8.63. The van der Waals surface area contributed by atoms with Crippen LogP contribution in [-0.2, 0) is 4.74 Å². The molecule has 1 saturated carbocycles. The second-order valence-electron chi connectivity index (χ2n) is 8.18. The largest absolute Gasteiger partial charge is 0.459 e. The van der Waals surface area contributed by atoms with Crippen LogP contribution in [0, 0.1) is 0 Å². The summed E-state index contributed by atoms with van der Waals surface area (Å²) >= 11 is 0. The molecular formula is C23H39IN4O3. The predicted molar refractivity (Wildman–Crippen MR) is 134 cm³/mol. The number of amides is 1. The minimum Gasteiger partial charge on any atom is -0.459 e. The van der Waals surface area contributed by atoms with Gasteiger partial charge in [0, 0.05) is 45.9 Å². The minimum atomic E-state index is -0.0322. The second-order valence-corrected chi connectivity index (χ2v) is 8.18. The minimum absolute atomic E-state index is 0. The van der Waals surface area contributed by atoms with Crippen LogP contribution < -0.4 is 5.32 Å². The van der Waals surface area contributed by atoms with Crippen molar-refractivity contribution in [1.29, 1.82) is 0 Å². The summed E-state index contributed by atoms with van der Waals surface area (Å²) in [5.41, 5.74) is 0. The lowest BCUT2D eigenvalue weighted by Crippen LogP contribution is -2.53. The molecule has 8 heteroatoms. The third-order valence-electron chi connectivity index (χ3n) is 5.90. The van der Waals surface area contributed by atoms with Gasteiger partial charge in [-0.25, -0.2) is 0 Å². The number of ether oxygens (including phenoxy) is 1. The quantitative estimate of drug-likeness (QED) is 0.175. The molecule has 0 aromatic carbocycles. The lowest BCUT2D eigenvalue weighted by atomic mass is 10.1. The molecule has 176 valence electrons. The highest BCUT2D eigenvalue weighted by Crippen LogP contribution is 2.20. The Kier molecular flexibility index (Phi) is 12.3. The van der Waals surface area contributed by atoms with Gasteiger partial charge in [0.05, 0.1) is 12.4 Å². The van der Waals surface area contributed by atoms with Crippen LogP contribution in [-0.4, -0.2) is 73.6 Å². The predicted octanol–water partition coefficient (Wildman–Crippen LogP) is 4.14. The van der Waals surface area contributed by atoms with E-state index in [1.807, 2.05) is 4.90 Å². The van der Waals surface area contributed by atoms with Crippen LogP contribution in [0.2, 0.25) is 0 Å². The molecule has 1 aromatic heterocycles. The number of hydrogen-bond acceptors (Lipinski definition) is 4. The molecule has 2 aliphatic rings. The summed E-state index contributed by atoms with van der Waals surface area (Å²) < 4.78 is 11.3. The Morgan fingerprint density at radius 1 is 1.13 bits per heavy atom. The molecule has 7 nitrogen and oxygen atoms in total. The Bertz CT molecular complexity index is 637. The first kappa shape index (κ1) is 26.0. The van der Waals surface area contributed by atoms with Gasteiger partial charge in [0.1, 0.15) is 0 Å². The van der Waals surface area contributed by atoms with Crippen molar-refractivity contribution >= 4 is 35.8 Å². The van der Waals surface area contributed by atoms with Crippen LogP contribution in [0.5, 0.6) is 0 Å². The first-order chi connectivity index (χ1) is 14.8. The number of hydrogen-bond donors (Lipinski definition) is 1. The van der Waals surface area contributed by atoms with Gasteiger partial charge in [-0.15, -0.1) is 24.0 Å². The lowest BCUT2D eigenvalue weighted by Gasteiger charge is -2.36. The molecule has 1 amide bonds. The van der Waals surface area contributed by atoms with E-state index < -0.39 is 0 Å². The normalized spacial score (nSPS) is 18.4. The monoisotopic (exact) mass is 546 g/mol. The molecule has 1 aromatic rings. The maximum Gasteiger partial charge on any atom is 0.289 e. The summed E-state index contributed by atoms with van der Waals surface area (Å²) in [4.78, 5) is 21.3. The third-order valence-corrected chi connectivity index (χ3v) is 5.90. The van der Waals surface area contributed by atoms with Gasteiger partial charge < -0.3 is 24.3 Å². The number of carbonyl (C=O) groups is 1. The standard InChI is InChI=1S/C23H38N4O3.HI/c1-2-24-23(25-13-7-8-18-29-20-10-5-3-4-6-11-20)27-16-14-26(15-17-27)22(28)21-12-9-19-30-21;/h9,12,19-20H,2-8,10-11,13-18H2,1H3,(H,24,25);1H. The molecule has 3 rings (SSSR count). The molecule has 0 spiro atoms. The van der Waals surface area contributed by atoms with Gasteiger partial charge in [-0.2, -0.15) is 0 Å². The van der Waals surface area contributed by atoms with Crippen molar-refractivity contribution in [3.63, 3.8) is 0 Å². The summed E-state index contributed by atoms with van der Waals surface area (Å²) in [7, 11) is 0. The highest BCUT2D eigenvalue weighted by atomic mass is 127. The molecule has 1 aliphatic heterocycles. The smallest absolute Gasteiger partial charge is 0.289 e. The number of nitrogens with one attached hydrogen (secondary N) is 1. The SMILES string of the molecule is CCNC(=NCCCCOC1CCCCCC1)N1CCN(C(=O)c2ccco2)CC1.I. The van der Waals surface area contributed by atoms with Crippen molar-refractivity contribution < 1.29 is 13.9 Å². The zero-order chi connectivity index (χ0) is 21.0. The first-order valence-electron chi connectivity index (χ1n) is 11.8.